The number of carbonyl (C=O) groups is 1. The van der Waals surface area contributed by atoms with E-state index in [2.05, 4.69) is 5.32 Å². The zero-order valence-electron chi connectivity index (χ0n) is 11.7. The predicted octanol–water partition coefficient (Wildman–Crippen LogP) is 1.50. The molecule has 1 saturated heterocycles. The SMILES string of the molecule is COc1ccc(CN(C)C(=O)C2CSCCN2)cc1F. The quantitative estimate of drug-likeness (QED) is 0.914. The summed E-state index contributed by atoms with van der Waals surface area (Å²) in [6, 6.07) is 4.62. The number of thioether (sulfide) groups is 1. The first-order valence-corrected chi connectivity index (χ1v) is 7.66. The van der Waals surface area contributed by atoms with E-state index in [1.807, 2.05) is 0 Å². The third-order valence-corrected chi connectivity index (χ3v) is 4.29. The first kappa shape index (κ1) is 15.1. The summed E-state index contributed by atoms with van der Waals surface area (Å²) in [5.41, 5.74) is 0.752. The van der Waals surface area contributed by atoms with Gasteiger partial charge in [0.05, 0.1) is 13.2 Å². The fraction of sp³-hybridized carbons (Fsp3) is 0.500. The molecule has 1 atom stereocenters. The summed E-state index contributed by atoms with van der Waals surface area (Å²) in [6.45, 7) is 1.24. The highest BCUT2D eigenvalue weighted by Crippen LogP contribution is 2.19. The molecule has 0 bridgehead atoms. The van der Waals surface area contributed by atoms with Gasteiger partial charge in [-0.1, -0.05) is 6.07 Å². The van der Waals surface area contributed by atoms with Crippen LogP contribution in [0.1, 0.15) is 5.56 Å². The number of ether oxygens (including phenoxy) is 1. The number of hydrogen-bond donors (Lipinski definition) is 1. The van der Waals surface area contributed by atoms with E-state index in [1.165, 1.54) is 13.2 Å². The van der Waals surface area contributed by atoms with Gasteiger partial charge in [-0.15, -0.1) is 0 Å². The van der Waals surface area contributed by atoms with Gasteiger partial charge in [0.2, 0.25) is 5.91 Å². The maximum atomic E-state index is 13.6. The fourth-order valence-corrected chi connectivity index (χ4v) is 3.08. The van der Waals surface area contributed by atoms with Crippen LogP contribution >= 0.6 is 11.8 Å². The number of nitrogens with zero attached hydrogens (tertiary/aromatic N) is 1. The van der Waals surface area contributed by atoms with E-state index in [1.54, 1.807) is 35.8 Å². The van der Waals surface area contributed by atoms with Gasteiger partial charge in [0.15, 0.2) is 11.6 Å². The molecule has 6 heteroatoms. The first-order valence-electron chi connectivity index (χ1n) is 6.50. The van der Waals surface area contributed by atoms with Crippen molar-refractivity contribution in [2.45, 2.75) is 12.6 Å². The first-order chi connectivity index (χ1) is 9.61. The maximum absolute atomic E-state index is 13.6. The number of benzene rings is 1. The third-order valence-electron chi connectivity index (χ3n) is 3.23. The highest BCUT2D eigenvalue weighted by Gasteiger charge is 2.24. The van der Waals surface area contributed by atoms with E-state index in [-0.39, 0.29) is 17.7 Å². The summed E-state index contributed by atoms with van der Waals surface area (Å²) in [7, 11) is 3.17. The molecule has 1 aromatic carbocycles. The van der Waals surface area contributed by atoms with Crippen LogP contribution in [0.2, 0.25) is 0 Å². The van der Waals surface area contributed by atoms with E-state index in [0.29, 0.717) is 6.54 Å². The van der Waals surface area contributed by atoms with Gasteiger partial charge < -0.3 is 15.0 Å². The standard InChI is InChI=1S/C14H19FN2O2S/c1-17(14(18)12-9-20-6-5-16-12)8-10-3-4-13(19-2)11(15)7-10/h3-4,7,12,16H,5-6,8-9H2,1-2H3. The van der Waals surface area contributed by atoms with Gasteiger partial charge in [0.1, 0.15) is 0 Å². The summed E-state index contributed by atoms with van der Waals surface area (Å²) in [5, 5.41) is 3.21. The van der Waals surface area contributed by atoms with Crippen molar-refractivity contribution in [3.63, 3.8) is 0 Å². The summed E-state index contributed by atoms with van der Waals surface area (Å²) in [5.74, 6) is 1.69. The van der Waals surface area contributed by atoms with E-state index in [9.17, 15) is 9.18 Å². The number of rotatable bonds is 4. The minimum atomic E-state index is -0.405. The average Bonchev–Trinajstić information content (AvgIpc) is 2.47. The Labute approximate surface area is 122 Å². The van der Waals surface area contributed by atoms with Crippen LogP contribution in [0.5, 0.6) is 5.75 Å². The molecule has 0 radical (unpaired) electrons. The van der Waals surface area contributed by atoms with E-state index in [0.717, 1.165) is 23.6 Å². The summed E-state index contributed by atoms with van der Waals surface area (Å²) in [6.07, 6.45) is 0. The smallest absolute Gasteiger partial charge is 0.240 e. The Kier molecular flexibility index (Phi) is 5.25. The van der Waals surface area contributed by atoms with Crippen LogP contribution in [-0.4, -0.2) is 49.1 Å². The zero-order chi connectivity index (χ0) is 14.5. The lowest BCUT2D eigenvalue weighted by Gasteiger charge is -2.27. The molecule has 1 amide bonds. The molecule has 0 spiro atoms. The summed E-state index contributed by atoms with van der Waals surface area (Å²) < 4.78 is 18.5. The Hall–Kier alpha value is -1.27. The molecule has 20 heavy (non-hydrogen) atoms. The number of amides is 1. The zero-order valence-corrected chi connectivity index (χ0v) is 12.5. The summed E-state index contributed by atoms with van der Waals surface area (Å²) >= 11 is 1.78. The lowest BCUT2D eigenvalue weighted by atomic mass is 10.2. The average molecular weight is 298 g/mol. The third kappa shape index (κ3) is 3.64. The fourth-order valence-electron chi connectivity index (χ4n) is 2.15. The van der Waals surface area contributed by atoms with Crippen LogP contribution in [0.15, 0.2) is 18.2 Å². The van der Waals surface area contributed by atoms with Crippen LogP contribution in [0.25, 0.3) is 0 Å². The predicted molar refractivity (Wildman–Crippen MR) is 78.5 cm³/mol. The van der Waals surface area contributed by atoms with Crippen molar-refractivity contribution in [1.82, 2.24) is 10.2 Å². The minimum Gasteiger partial charge on any atom is -0.494 e. The van der Waals surface area contributed by atoms with Crippen LogP contribution in [0.4, 0.5) is 4.39 Å². The van der Waals surface area contributed by atoms with Crippen molar-refractivity contribution in [3.05, 3.63) is 29.6 Å². The highest BCUT2D eigenvalue weighted by molar-refractivity contribution is 7.99. The van der Waals surface area contributed by atoms with E-state index >= 15 is 0 Å². The monoisotopic (exact) mass is 298 g/mol. The van der Waals surface area contributed by atoms with Gasteiger partial charge in [-0.3, -0.25) is 4.79 Å². The molecule has 1 aliphatic rings. The Morgan fingerprint density at radius 1 is 1.60 bits per heavy atom. The molecule has 0 saturated carbocycles. The number of hydrogen-bond acceptors (Lipinski definition) is 4. The van der Waals surface area contributed by atoms with Gasteiger partial charge in [0.25, 0.3) is 0 Å². The summed E-state index contributed by atoms with van der Waals surface area (Å²) in [4.78, 5) is 13.9. The number of likely N-dealkylation sites (N-methyl/N-ethyl adjacent to an activating group) is 1. The number of carbonyl (C=O) groups excluding carboxylic acids is 1. The molecule has 1 unspecified atom stereocenters. The molecule has 0 aliphatic carbocycles. The normalized spacial score (nSPS) is 18.6. The molecule has 1 N–H and O–H groups in total. The second-order valence-corrected chi connectivity index (χ2v) is 5.89. The molecule has 2 rings (SSSR count). The lowest BCUT2D eigenvalue weighted by Crippen LogP contribution is -2.49. The van der Waals surface area contributed by atoms with Gasteiger partial charge in [-0.2, -0.15) is 11.8 Å². The molecule has 1 fully saturated rings. The maximum Gasteiger partial charge on any atom is 0.240 e. The van der Waals surface area contributed by atoms with Gasteiger partial charge in [-0.05, 0) is 17.7 Å². The van der Waals surface area contributed by atoms with E-state index in [4.69, 9.17) is 4.74 Å². The molecule has 0 aromatic heterocycles. The Morgan fingerprint density at radius 3 is 3.00 bits per heavy atom. The second-order valence-electron chi connectivity index (χ2n) is 4.74. The number of methoxy groups -OCH3 is 1. The Balaban J connectivity index is 1.98. The largest absolute Gasteiger partial charge is 0.494 e. The van der Waals surface area contributed by atoms with Crippen molar-refractivity contribution >= 4 is 17.7 Å². The van der Waals surface area contributed by atoms with Crippen molar-refractivity contribution in [2.24, 2.45) is 0 Å². The van der Waals surface area contributed by atoms with E-state index < -0.39 is 5.82 Å². The van der Waals surface area contributed by atoms with Crippen molar-refractivity contribution < 1.29 is 13.9 Å². The molecule has 4 nitrogen and oxygen atoms in total. The topological polar surface area (TPSA) is 41.6 Å². The molecular weight excluding hydrogens is 279 g/mol. The second kappa shape index (κ2) is 6.95. The molecule has 1 aliphatic heterocycles. The van der Waals surface area contributed by atoms with Crippen LogP contribution < -0.4 is 10.1 Å². The van der Waals surface area contributed by atoms with Gasteiger partial charge in [0, 0.05) is 31.6 Å². The van der Waals surface area contributed by atoms with Crippen LogP contribution in [-0.2, 0) is 11.3 Å². The lowest BCUT2D eigenvalue weighted by molar-refractivity contribution is -0.132. The van der Waals surface area contributed by atoms with Crippen molar-refractivity contribution in [2.75, 3.05) is 32.2 Å². The number of halogens is 1. The van der Waals surface area contributed by atoms with Crippen molar-refractivity contribution in [3.8, 4) is 5.75 Å². The van der Waals surface area contributed by atoms with Crippen molar-refractivity contribution in [1.29, 1.82) is 0 Å². The van der Waals surface area contributed by atoms with Crippen LogP contribution in [0, 0.1) is 5.82 Å². The highest BCUT2D eigenvalue weighted by atomic mass is 32.2. The molecule has 110 valence electrons. The molecule has 1 aromatic rings. The van der Waals surface area contributed by atoms with Gasteiger partial charge >= 0.3 is 0 Å². The molecular formula is C14H19FN2O2S. The number of nitrogens with one attached hydrogen (secondary N) is 1. The Bertz CT molecular complexity index is 478. The molecule has 1 heterocycles. The van der Waals surface area contributed by atoms with Gasteiger partial charge in [-0.25, -0.2) is 4.39 Å². The van der Waals surface area contributed by atoms with Crippen LogP contribution in [0.3, 0.4) is 0 Å². The minimum absolute atomic E-state index is 0.0495. The Morgan fingerprint density at radius 2 is 2.40 bits per heavy atom.